The van der Waals surface area contributed by atoms with Crippen molar-refractivity contribution in [3.8, 4) is 0 Å². The van der Waals surface area contributed by atoms with Crippen LogP contribution in [-0.4, -0.2) is 47.0 Å². The van der Waals surface area contributed by atoms with Gasteiger partial charge in [0.25, 0.3) is 0 Å². The van der Waals surface area contributed by atoms with Crippen LogP contribution in [0.2, 0.25) is 0 Å². The summed E-state index contributed by atoms with van der Waals surface area (Å²) in [4.78, 5) is 37.5. The lowest BCUT2D eigenvalue weighted by atomic mass is 9.97. The standard InChI is InChI=1S/C17H21NO5/c1-2-23-17(22)13(11-12-7-4-3-5-8-12)15(19)18-10-6-9-14(18)16(20)21/h3-5,7-8,13-14H,2,6,9-11H2,1H3,(H,20,21)/t13?,14-/m0/s1. The maximum absolute atomic E-state index is 12.7. The van der Waals surface area contributed by atoms with Gasteiger partial charge in [0.2, 0.25) is 5.91 Å². The Hall–Kier alpha value is -2.37. The lowest BCUT2D eigenvalue weighted by Gasteiger charge is -2.25. The molecule has 1 aliphatic rings. The molecule has 1 N–H and O–H groups in total. The Balaban J connectivity index is 2.20. The number of aliphatic carboxylic acids is 1. The molecule has 2 atom stereocenters. The van der Waals surface area contributed by atoms with E-state index in [2.05, 4.69) is 0 Å². The Morgan fingerprint density at radius 2 is 2.00 bits per heavy atom. The summed E-state index contributed by atoms with van der Waals surface area (Å²) in [5.41, 5.74) is 0.838. The van der Waals surface area contributed by atoms with E-state index in [0.29, 0.717) is 19.4 Å². The normalized spacial score (nSPS) is 18.5. The molecule has 1 aliphatic heterocycles. The van der Waals surface area contributed by atoms with Gasteiger partial charge in [-0.2, -0.15) is 0 Å². The summed E-state index contributed by atoms with van der Waals surface area (Å²) in [6.45, 7) is 2.22. The molecule has 0 aromatic heterocycles. The van der Waals surface area contributed by atoms with Crippen LogP contribution in [0.5, 0.6) is 0 Å². The number of hydrogen-bond donors (Lipinski definition) is 1. The first-order valence-corrected chi connectivity index (χ1v) is 7.78. The molecule has 6 heteroatoms. The zero-order valence-electron chi connectivity index (χ0n) is 13.1. The molecule has 1 fully saturated rings. The zero-order chi connectivity index (χ0) is 16.8. The summed E-state index contributed by atoms with van der Waals surface area (Å²) in [6.07, 6.45) is 1.26. The predicted molar refractivity (Wildman–Crippen MR) is 82.6 cm³/mol. The fourth-order valence-electron chi connectivity index (χ4n) is 2.85. The molecular formula is C17H21NO5. The van der Waals surface area contributed by atoms with Crippen molar-refractivity contribution in [1.29, 1.82) is 0 Å². The molecular weight excluding hydrogens is 298 g/mol. The lowest BCUT2D eigenvalue weighted by Crippen LogP contribution is -2.46. The molecule has 0 spiro atoms. The molecule has 23 heavy (non-hydrogen) atoms. The van der Waals surface area contributed by atoms with E-state index in [4.69, 9.17) is 4.74 Å². The van der Waals surface area contributed by atoms with Crippen molar-refractivity contribution in [2.24, 2.45) is 5.92 Å². The van der Waals surface area contributed by atoms with Crippen LogP contribution in [0, 0.1) is 5.92 Å². The summed E-state index contributed by atoms with van der Waals surface area (Å²) in [5.74, 6) is -3.09. The molecule has 2 rings (SSSR count). The molecule has 0 aliphatic carbocycles. The van der Waals surface area contributed by atoms with Gasteiger partial charge in [0.1, 0.15) is 12.0 Å². The summed E-state index contributed by atoms with van der Waals surface area (Å²) < 4.78 is 5.02. The number of carbonyl (C=O) groups excluding carboxylic acids is 2. The van der Waals surface area contributed by atoms with Crippen molar-refractivity contribution in [3.63, 3.8) is 0 Å². The maximum atomic E-state index is 12.7. The SMILES string of the molecule is CCOC(=O)C(Cc1ccccc1)C(=O)N1CCC[C@H]1C(=O)O. The smallest absolute Gasteiger partial charge is 0.326 e. The van der Waals surface area contributed by atoms with Gasteiger partial charge in [-0.15, -0.1) is 0 Å². The number of nitrogens with zero attached hydrogens (tertiary/aromatic N) is 1. The minimum Gasteiger partial charge on any atom is -0.480 e. The fourth-order valence-corrected chi connectivity index (χ4v) is 2.85. The second kappa shape index (κ2) is 7.76. The number of ether oxygens (including phenoxy) is 1. The van der Waals surface area contributed by atoms with Gasteiger partial charge in [-0.1, -0.05) is 30.3 Å². The number of carbonyl (C=O) groups is 3. The van der Waals surface area contributed by atoms with E-state index in [1.807, 2.05) is 30.3 Å². The van der Waals surface area contributed by atoms with E-state index in [-0.39, 0.29) is 13.0 Å². The molecule has 1 heterocycles. The van der Waals surface area contributed by atoms with Crippen molar-refractivity contribution < 1.29 is 24.2 Å². The number of hydrogen-bond acceptors (Lipinski definition) is 4. The largest absolute Gasteiger partial charge is 0.480 e. The van der Waals surface area contributed by atoms with E-state index in [0.717, 1.165) is 5.56 Å². The average molecular weight is 319 g/mol. The first-order valence-electron chi connectivity index (χ1n) is 7.78. The van der Waals surface area contributed by atoms with Gasteiger partial charge < -0.3 is 14.7 Å². The van der Waals surface area contributed by atoms with Gasteiger partial charge in [-0.25, -0.2) is 4.79 Å². The van der Waals surface area contributed by atoms with Crippen LogP contribution in [-0.2, 0) is 25.5 Å². The molecule has 0 radical (unpaired) electrons. The first kappa shape index (κ1) is 17.0. The Morgan fingerprint density at radius 3 is 2.61 bits per heavy atom. The maximum Gasteiger partial charge on any atom is 0.326 e. The summed E-state index contributed by atoms with van der Waals surface area (Å²) in [6, 6.07) is 8.33. The van der Waals surface area contributed by atoms with E-state index >= 15 is 0 Å². The summed E-state index contributed by atoms with van der Waals surface area (Å²) in [5, 5.41) is 9.24. The van der Waals surface area contributed by atoms with Gasteiger partial charge in [0.15, 0.2) is 0 Å². The number of rotatable bonds is 6. The van der Waals surface area contributed by atoms with Crippen LogP contribution in [0.15, 0.2) is 30.3 Å². The highest BCUT2D eigenvalue weighted by atomic mass is 16.5. The first-order chi connectivity index (χ1) is 11.0. The van der Waals surface area contributed by atoms with Crippen LogP contribution in [0.3, 0.4) is 0 Å². The van der Waals surface area contributed by atoms with Crippen molar-refractivity contribution in [1.82, 2.24) is 4.90 Å². The molecule has 0 bridgehead atoms. The molecule has 1 aromatic rings. The van der Waals surface area contributed by atoms with Crippen LogP contribution >= 0.6 is 0 Å². The molecule has 124 valence electrons. The van der Waals surface area contributed by atoms with E-state index in [9.17, 15) is 19.5 Å². The minimum atomic E-state index is -1.03. The monoisotopic (exact) mass is 319 g/mol. The molecule has 6 nitrogen and oxygen atoms in total. The molecule has 1 unspecified atom stereocenters. The number of carboxylic acid groups (broad SMARTS) is 1. The van der Waals surface area contributed by atoms with Crippen molar-refractivity contribution in [3.05, 3.63) is 35.9 Å². The van der Waals surface area contributed by atoms with E-state index < -0.39 is 29.8 Å². The highest BCUT2D eigenvalue weighted by molar-refractivity contribution is 5.99. The summed E-state index contributed by atoms with van der Waals surface area (Å²) >= 11 is 0. The van der Waals surface area contributed by atoms with Crippen LogP contribution in [0.4, 0.5) is 0 Å². The number of likely N-dealkylation sites (tertiary alicyclic amines) is 1. The van der Waals surface area contributed by atoms with Gasteiger partial charge in [-0.05, 0) is 31.7 Å². The average Bonchev–Trinajstić information content (AvgIpc) is 3.03. The Morgan fingerprint density at radius 1 is 1.30 bits per heavy atom. The van der Waals surface area contributed by atoms with Crippen molar-refractivity contribution in [2.45, 2.75) is 32.2 Å². The van der Waals surface area contributed by atoms with Crippen molar-refractivity contribution >= 4 is 17.8 Å². The number of benzene rings is 1. The number of carboxylic acids is 1. The van der Waals surface area contributed by atoms with E-state index in [1.165, 1.54) is 4.90 Å². The van der Waals surface area contributed by atoms with Crippen LogP contribution < -0.4 is 0 Å². The predicted octanol–water partition coefficient (Wildman–Crippen LogP) is 1.48. The highest BCUT2D eigenvalue weighted by Crippen LogP contribution is 2.22. The summed E-state index contributed by atoms with van der Waals surface area (Å²) in [7, 11) is 0. The van der Waals surface area contributed by atoms with Gasteiger partial charge in [-0.3, -0.25) is 9.59 Å². The second-order valence-electron chi connectivity index (χ2n) is 5.52. The quantitative estimate of drug-likeness (QED) is 0.634. The molecule has 1 aromatic carbocycles. The second-order valence-corrected chi connectivity index (χ2v) is 5.52. The molecule has 1 amide bonds. The Kier molecular flexibility index (Phi) is 5.73. The van der Waals surface area contributed by atoms with Crippen LogP contribution in [0.1, 0.15) is 25.3 Å². The third-order valence-electron chi connectivity index (χ3n) is 3.97. The number of amides is 1. The topological polar surface area (TPSA) is 83.9 Å². The van der Waals surface area contributed by atoms with Crippen molar-refractivity contribution in [2.75, 3.05) is 13.2 Å². The Bertz CT molecular complexity index is 572. The molecule has 1 saturated heterocycles. The zero-order valence-corrected chi connectivity index (χ0v) is 13.1. The lowest BCUT2D eigenvalue weighted by molar-refractivity contribution is -0.159. The Labute approximate surface area is 135 Å². The molecule has 0 saturated carbocycles. The van der Waals surface area contributed by atoms with Gasteiger partial charge >= 0.3 is 11.9 Å². The van der Waals surface area contributed by atoms with E-state index in [1.54, 1.807) is 6.92 Å². The highest BCUT2D eigenvalue weighted by Gasteiger charge is 2.40. The van der Waals surface area contributed by atoms with Crippen LogP contribution in [0.25, 0.3) is 0 Å². The fraction of sp³-hybridized carbons (Fsp3) is 0.471. The number of esters is 1. The van der Waals surface area contributed by atoms with Gasteiger partial charge in [0.05, 0.1) is 6.61 Å². The third-order valence-corrected chi connectivity index (χ3v) is 3.97. The minimum absolute atomic E-state index is 0.180. The van der Waals surface area contributed by atoms with Gasteiger partial charge in [0, 0.05) is 6.54 Å². The third kappa shape index (κ3) is 4.09.